The fraction of sp³-hybridized carbons (Fsp3) is 0.167. The number of carbonyl (C=O) groups excluding carboxylic acids is 1. The Morgan fingerprint density at radius 2 is 2.05 bits per heavy atom. The molecule has 106 valence electrons. The molecule has 0 fully saturated rings. The highest BCUT2D eigenvalue weighted by Gasteiger charge is 2.18. The number of nitrogens with zero attached hydrogens (tertiary/aromatic N) is 2. The number of anilines is 1. The standard InChI is InChI=1S/C12H10Cl2FN3O2/c1-2-20-12(19)10-11(16)18(5-17-10)6-3-7(13)9(15)8(14)4-6/h3-5H,2,16H2,1H3. The molecule has 0 spiro atoms. The van der Waals surface area contributed by atoms with Crippen LogP contribution in [0, 0.1) is 5.82 Å². The molecule has 0 aliphatic heterocycles. The van der Waals surface area contributed by atoms with Gasteiger partial charge in [-0.15, -0.1) is 0 Å². The Balaban J connectivity index is 2.47. The molecule has 0 saturated carbocycles. The zero-order valence-electron chi connectivity index (χ0n) is 10.4. The zero-order chi connectivity index (χ0) is 14.9. The predicted octanol–water partition coefficient (Wildman–Crippen LogP) is 3.08. The first-order valence-corrected chi connectivity index (χ1v) is 6.36. The maximum absolute atomic E-state index is 13.4. The fourth-order valence-corrected chi connectivity index (χ4v) is 2.08. The average Bonchev–Trinajstić information content (AvgIpc) is 2.77. The number of nitrogen functional groups attached to an aromatic ring is 1. The second-order valence-electron chi connectivity index (χ2n) is 3.79. The number of nitrogens with two attached hydrogens (primary N) is 1. The molecule has 0 aliphatic rings. The third-order valence-electron chi connectivity index (χ3n) is 2.52. The van der Waals surface area contributed by atoms with E-state index in [0.29, 0.717) is 5.69 Å². The van der Waals surface area contributed by atoms with E-state index in [4.69, 9.17) is 33.7 Å². The Bertz CT molecular complexity index is 650. The lowest BCUT2D eigenvalue weighted by atomic mass is 10.3. The van der Waals surface area contributed by atoms with E-state index < -0.39 is 11.8 Å². The largest absolute Gasteiger partial charge is 0.461 e. The van der Waals surface area contributed by atoms with E-state index in [1.165, 1.54) is 23.0 Å². The molecule has 1 aromatic heterocycles. The van der Waals surface area contributed by atoms with Gasteiger partial charge in [0.15, 0.2) is 11.5 Å². The molecule has 0 bridgehead atoms. The van der Waals surface area contributed by atoms with Crippen LogP contribution in [0.3, 0.4) is 0 Å². The number of esters is 1. The van der Waals surface area contributed by atoms with E-state index in [-0.39, 0.29) is 28.2 Å². The van der Waals surface area contributed by atoms with Crippen molar-refractivity contribution in [1.82, 2.24) is 9.55 Å². The third kappa shape index (κ3) is 2.57. The van der Waals surface area contributed by atoms with Crippen molar-refractivity contribution < 1.29 is 13.9 Å². The fourth-order valence-electron chi connectivity index (χ4n) is 1.60. The summed E-state index contributed by atoms with van der Waals surface area (Å²) in [5.41, 5.74) is 6.19. The van der Waals surface area contributed by atoms with Crippen LogP contribution in [-0.2, 0) is 4.74 Å². The van der Waals surface area contributed by atoms with Crippen LogP contribution in [0.25, 0.3) is 5.69 Å². The molecule has 0 aliphatic carbocycles. The van der Waals surface area contributed by atoms with Crippen molar-refractivity contribution in [2.24, 2.45) is 0 Å². The zero-order valence-corrected chi connectivity index (χ0v) is 11.9. The summed E-state index contributed by atoms with van der Waals surface area (Å²) < 4.78 is 19.5. The van der Waals surface area contributed by atoms with Crippen LogP contribution < -0.4 is 5.73 Å². The van der Waals surface area contributed by atoms with Gasteiger partial charge in [0.25, 0.3) is 0 Å². The lowest BCUT2D eigenvalue weighted by Gasteiger charge is -2.08. The number of ether oxygens (including phenoxy) is 1. The highest BCUT2D eigenvalue weighted by Crippen LogP contribution is 2.28. The Hall–Kier alpha value is -1.79. The minimum absolute atomic E-state index is 0.0246. The van der Waals surface area contributed by atoms with Gasteiger partial charge in [-0.2, -0.15) is 0 Å². The molecule has 8 heteroatoms. The topological polar surface area (TPSA) is 70.1 Å². The summed E-state index contributed by atoms with van der Waals surface area (Å²) in [5, 5.41) is -0.309. The Morgan fingerprint density at radius 1 is 1.45 bits per heavy atom. The molecule has 0 atom stereocenters. The van der Waals surface area contributed by atoms with Gasteiger partial charge in [0.1, 0.15) is 12.1 Å². The van der Waals surface area contributed by atoms with Crippen molar-refractivity contribution >= 4 is 35.0 Å². The first-order chi connectivity index (χ1) is 9.45. The summed E-state index contributed by atoms with van der Waals surface area (Å²) in [7, 11) is 0. The van der Waals surface area contributed by atoms with E-state index in [1.54, 1.807) is 6.92 Å². The second-order valence-corrected chi connectivity index (χ2v) is 4.61. The maximum Gasteiger partial charge on any atom is 0.360 e. The SMILES string of the molecule is CCOC(=O)c1ncn(-c2cc(Cl)c(F)c(Cl)c2)c1N. The van der Waals surface area contributed by atoms with Crippen molar-refractivity contribution in [3.8, 4) is 5.69 Å². The summed E-state index contributed by atoms with van der Waals surface area (Å²) in [6.45, 7) is 1.88. The Labute approximate surface area is 124 Å². The van der Waals surface area contributed by atoms with Gasteiger partial charge in [0.2, 0.25) is 0 Å². The number of rotatable bonds is 3. The van der Waals surface area contributed by atoms with Crippen LogP contribution in [-0.4, -0.2) is 22.1 Å². The second kappa shape index (κ2) is 5.68. The molecule has 0 amide bonds. The van der Waals surface area contributed by atoms with E-state index in [9.17, 15) is 9.18 Å². The summed E-state index contributed by atoms with van der Waals surface area (Å²) in [6.07, 6.45) is 1.31. The van der Waals surface area contributed by atoms with E-state index >= 15 is 0 Å². The molecule has 0 radical (unpaired) electrons. The van der Waals surface area contributed by atoms with E-state index in [0.717, 1.165) is 0 Å². The summed E-state index contributed by atoms with van der Waals surface area (Å²) in [6, 6.07) is 2.66. The number of hydrogen-bond acceptors (Lipinski definition) is 4. The predicted molar refractivity (Wildman–Crippen MR) is 73.9 cm³/mol. The van der Waals surface area contributed by atoms with Gasteiger partial charge in [-0.25, -0.2) is 14.2 Å². The summed E-state index contributed by atoms with van der Waals surface area (Å²) in [4.78, 5) is 15.5. The van der Waals surface area contributed by atoms with Gasteiger partial charge in [-0.1, -0.05) is 23.2 Å². The number of hydrogen-bond donors (Lipinski definition) is 1. The molecule has 0 saturated heterocycles. The Kier molecular flexibility index (Phi) is 4.15. The molecule has 5 nitrogen and oxygen atoms in total. The van der Waals surface area contributed by atoms with E-state index in [1.807, 2.05) is 0 Å². The quantitative estimate of drug-likeness (QED) is 0.697. The molecule has 20 heavy (non-hydrogen) atoms. The molecule has 1 aromatic carbocycles. The van der Waals surface area contributed by atoms with Gasteiger partial charge in [0, 0.05) is 0 Å². The lowest BCUT2D eigenvalue weighted by Crippen LogP contribution is -2.09. The number of halogens is 3. The molecule has 2 aromatic rings. The minimum Gasteiger partial charge on any atom is -0.461 e. The van der Waals surface area contributed by atoms with E-state index in [2.05, 4.69) is 4.98 Å². The van der Waals surface area contributed by atoms with Gasteiger partial charge in [-0.3, -0.25) is 4.57 Å². The number of imidazole rings is 1. The Morgan fingerprint density at radius 3 is 2.60 bits per heavy atom. The van der Waals surface area contributed by atoms with Gasteiger partial charge in [0.05, 0.1) is 22.3 Å². The third-order valence-corrected chi connectivity index (χ3v) is 3.07. The molecule has 1 heterocycles. The first-order valence-electron chi connectivity index (χ1n) is 5.60. The molecule has 2 rings (SSSR count). The van der Waals surface area contributed by atoms with Gasteiger partial charge < -0.3 is 10.5 Å². The van der Waals surface area contributed by atoms with Crippen molar-refractivity contribution in [3.63, 3.8) is 0 Å². The number of aromatic nitrogens is 2. The van der Waals surface area contributed by atoms with Crippen molar-refractivity contribution in [3.05, 3.63) is 40.0 Å². The van der Waals surface area contributed by atoms with Crippen LogP contribution >= 0.6 is 23.2 Å². The van der Waals surface area contributed by atoms with Gasteiger partial charge in [-0.05, 0) is 19.1 Å². The lowest BCUT2D eigenvalue weighted by molar-refractivity contribution is 0.0521. The maximum atomic E-state index is 13.4. The van der Waals surface area contributed by atoms with Crippen LogP contribution in [0.5, 0.6) is 0 Å². The first kappa shape index (κ1) is 14.6. The van der Waals surface area contributed by atoms with Gasteiger partial charge >= 0.3 is 5.97 Å². The van der Waals surface area contributed by atoms with Crippen molar-refractivity contribution in [2.75, 3.05) is 12.3 Å². The number of carbonyl (C=O) groups is 1. The molecule has 0 unspecified atom stereocenters. The molecule has 2 N–H and O–H groups in total. The highest BCUT2D eigenvalue weighted by atomic mass is 35.5. The van der Waals surface area contributed by atoms with Crippen LogP contribution in [0.1, 0.15) is 17.4 Å². The van der Waals surface area contributed by atoms with Crippen molar-refractivity contribution in [2.45, 2.75) is 6.92 Å². The number of benzene rings is 1. The summed E-state index contributed by atoms with van der Waals surface area (Å²) in [5.74, 6) is -1.30. The summed E-state index contributed by atoms with van der Waals surface area (Å²) >= 11 is 11.4. The van der Waals surface area contributed by atoms with Crippen LogP contribution in [0.15, 0.2) is 18.5 Å². The molecular weight excluding hydrogens is 308 g/mol. The highest BCUT2D eigenvalue weighted by molar-refractivity contribution is 6.35. The normalized spacial score (nSPS) is 10.6. The average molecular weight is 318 g/mol. The monoisotopic (exact) mass is 317 g/mol. The smallest absolute Gasteiger partial charge is 0.360 e. The molecular formula is C12H10Cl2FN3O2. The van der Waals surface area contributed by atoms with Crippen LogP contribution in [0.4, 0.5) is 10.2 Å². The minimum atomic E-state index is -0.721. The van der Waals surface area contributed by atoms with Crippen molar-refractivity contribution in [1.29, 1.82) is 0 Å². The van der Waals surface area contributed by atoms with Crippen LogP contribution in [0.2, 0.25) is 10.0 Å².